The quantitative estimate of drug-likeness (QED) is 0.209. The molecule has 8 nitrogen and oxygen atoms in total. The van der Waals surface area contributed by atoms with Crippen LogP contribution in [0.3, 0.4) is 0 Å². The number of hydrogen-bond donors (Lipinski definition) is 1. The summed E-state index contributed by atoms with van der Waals surface area (Å²) in [4.78, 5) is 38.9. The number of halogens is 2. The molecule has 10 heteroatoms. The lowest BCUT2D eigenvalue weighted by molar-refractivity contribution is 0.0986. The first-order chi connectivity index (χ1) is 20.2. The second-order valence-corrected chi connectivity index (χ2v) is 9.71. The number of pyridine rings is 3. The highest BCUT2D eigenvalue weighted by Crippen LogP contribution is 2.32. The van der Waals surface area contributed by atoms with Crippen LogP contribution in [0.25, 0.3) is 22.2 Å². The van der Waals surface area contributed by atoms with Crippen LogP contribution in [0.15, 0.2) is 65.6 Å². The van der Waals surface area contributed by atoms with Crippen molar-refractivity contribution in [2.24, 2.45) is 0 Å². The third kappa shape index (κ3) is 5.61. The maximum Gasteiger partial charge on any atom is 0.216 e. The van der Waals surface area contributed by atoms with Gasteiger partial charge in [-0.2, -0.15) is 0 Å². The van der Waals surface area contributed by atoms with Crippen LogP contribution in [-0.4, -0.2) is 35.0 Å². The van der Waals surface area contributed by atoms with Crippen molar-refractivity contribution in [3.63, 3.8) is 0 Å². The molecule has 0 unspecified atom stereocenters. The molecule has 0 aliphatic carbocycles. The number of fused-ring (bicyclic) bond motifs is 1. The molecule has 0 amide bonds. The molecular weight excluding hydrogens is 544 g/mol. The summed E-state index contributed by atoms with van der Waals surface area (Å²) in [6.45, 7) is 3.52. The predicted octanol–water partition coefficient (Wildman–Crippen LogP) is 6.25. The highest BCUT2D eigenvalue weighted by atomic mass is 19.1. The number of rotatable bonds is 9. The molecule has 3 aromatic heterocycles. The highest BCUT2D eigenvalue weighted by molar-refractivity contribution is 5.99. The van der Waals surface area contributed by atoms with Gasteiger partial charge in [0.2, 0.25) is 11.3 Å². The first kappa shape index (κ1) is 28.6. The fraction of sp³-hybridized carbons (Fsp3) is 0.188. The van der Waals surface area contributed by atoms with Crippen LogP contribution in [0, 0.1) is 25.5 Å². The Kier molecular flexibility index (Phi) is 8.08. The van der Waals surface area contributed by atoms with Crippen LogP contribution in [0.4, 0.5) is 8.78 Å². The van der Waals surface area contributed by atoms with Gasteiger partial charge in [0, 0.05) is 42.6 Å². The Morgan fingerprint density at radius 3 is 2.43 bits per heavy atom. The largest absolute Gasteiger partial charge is 0.481 e. The summed E-state index contributed by atoms with van der Waals surface area (Å²) >= 11 is 0. The number of nitrogens with one attached hydrogen (secondary N) is 1. The van der Waals surface area contributed by atoms with Gasteiger partial charge in [0.05, 0.1) is 30.5 Å². The van der Waals surface area contributed by atoms with Crippen molar-refractivity contribution >= 4 is 16.8 Å². The molecule has 42 heavy (non-hydrogen) atoms. The van der Waals surface area contributed by atoms with E-state index in [9.17, 15) is 14.0 Å². The molecule has 5 rings (SSSR count). The van der Waals surface area contributed by atoms with Crippen LogP contribution < -0.4 is 14.9 Å². The Hall–Kier alpha value is -4.96. The minimum atomic E-state index is -0.703. The van der Waals surface area contributed by atoms with Gasteiger partial charge < -0.3 is 19.2 Å². The Labute approximate surface area is 239 Å². The maximum atomic E-state index is 15.2. The molecule has 0 atom stereocenters. The summed E-state index contributed by atoms with van der Waals surface area (Å²) in [6.07, 6.45) is 1.28. The minimum Gasteiger partial charge on any atom is -0.481 e. The number of H-pyrrole nitrogens is 1. The van der Waals surface area contributed by atoms with E-state index in [1.807, 2.05) is 6.92 Å². The first-order valence-corrected chi connectivity index (χ1v) is 13.0. The molecule has 0 aliphatic rings. The average molecular weight is 572 g/mol. The number of ether oxygens (including phenoxy) is 3. The number of methoxy groups -OCH3 is 2. The van der Waals surface area contributed by atoms with Gasteiger partial charge in [0.1, 0.15) is 11.3 Å². The van der Waals surface area contributed by atoms with Crippen LogP contribution in [0.2, 0.25) is 0 Å². The molecule has 3 heterocycles. The standard InChI is InChI=1S/C32H27F2N3O5/c1-17-13-23-30(37-32(17)41-4)27(11-12-35-23)42-26-10-5-19(14-22(26)34)15-25(38)29-24(16-40-3)36-18(2)28(31(29)39)20-6-8-21(33)9-7-20/h5-14H,15-16H2,1-4H3,(H,36,39). The molecule has 5 aromatic rings. The molecule has 0 saturated carbocycles. The monoisotopic (exact) mass is 571 g/mol. The SMILES string of the molecule is COCc1[nH]c(C)c(-c2ccc(F)cc2)c(=O)c1C(=O)Cc1ccc(Oc2ccnc3cc(C)c(OC)nc23)c(F)c1. The summed E-state index contributed by atoms with van der Waals surface area (Å²) in [5.74, 6) is -1.07. The summed E-state index contributed by atoms with van der Waals surface area (Å²) < 4.78 is 45.1. The van der Waals surface area contributed by atoms with Crippen molar-refractivity contribution < 1.29 is 27.8 Å². The van der Waals surface area contributed by atoms with Crippen LogP contribution in [0.1, 0.15) is 32.9 Å². The van der Waals surface area contributed by atoms with E-state index in [4.69, 9.17) is 14.2 Å². The molecule has 0 bridgehead atoms. The molecule has 2 aromatic carbocycles. The Morgan fingerprint density at radius 2 is 1.74 bits per heavy atom. The van der Waals surface area contributed by atoms with Crippen molar-refractivity contribution in [2.75, 3.05) is 14.2 Å². The van der Waals surface area contributed by atoms with E-state index in [0.29, 0.717) is 39.4 Å². The third-order valence-electron chi connectivity index (χ3n) is 6.76. The Balaban J connectivity index is 1.45. The number of nitrogens with zero attached hydrogens (tertiary/aromatic N) is 2. The van der Waals surface area contributed by atoms with E-state index >= 15 is 4.39 Å². The third-order valence-corrected chi connectivity index (χ3v) is 6.76. The van der Waals surface area contributed by atoms with Gasteiger partial charge in [-0.25, -0.2) is 13.8 Å². The van der Waals surface area contributed by atoms with Gasteiger partial charge >= 0.3 is 0 Å². The highest BCUT2D eigenvalue weighted by Gasteiger charge is 2.23. The van der Waals surface area contributed by atoms with Gasteiger partial charge in [0.25, 0.3) is 0 Å². The summed E-state index contributed by atoms with van der Waals surface area (Å²) in [5, 5.41) is 0. The van der Waals surface area contributed by atoms with E-state index in [1.54, 1.807) is 25.1 Å². The van der Waals surface area contributed by atoms with Gasteiger partial charge in [0.15, 0.2) is 23.1 Å². The average Bonchev–Trinajstić information content (AvgIpc) is 2.95. The second kappa shape index (κ2) is 11.9. The van der Waals surface area contributed by atoms with Gasteiger partial charge in [-0.15, -0.1) is 0 Å². The number of carbonyl (C=O) groups excluding carboxylic acids is 1. The zero-order valence-electron chi connectivity index (χ0n) is 23.4. The Bertz CT molecular complexity index is 1870. The molecule has 0 radical (unpaired) electrons. The first-order valence-electron chi connectivity index (χ1n) is 13.0. The summed E-state index contributed by atoms with van der Waals surface area (Å²) in [7, 11) is 2.95. The van der Waals surface area contributed by atoms with Crippen molar-refractivity contribution in [3.8, 4) is 28.5 Å². The summed E-state index contributed by atoms with van der Waals surface area (Å²) in [5.41, 5.74) is 3.01. The maximum absolute atomic E-state index is 15.2. The van der Waals surface area contributed by atoms with Crippen LogP contribution in [-0.2, 0) is 17.8 Å². The van der Waals surface area contributed by atoms with E-state index in [1.165, 1.54) is 56.8 Å². The van der Waals surface area contributed by atoms with E-state index in [-0.39, 0.29) is 35.7 Å². The van der Waals surface area contributed by atoms with Gasteiger partial charge in [-0.1, -0.05) is 18.2 Å². The number of carbonyl (C=O) groups is 1. The van der Waals surface area contributed by atoms with Gasteiger partial charge in [-0.3, -0.25) is 14.6 Å². The van der Waals surface area contributed by atoms with Crippen LogP contribution in [0.5, 0.6) is 17.4 Å². The van der Waals surface area contributed by atoms with E-state index in [0.717, 1.165) is 5.56 Å². The molecule has 0 saturated heterocycles. The normalized spacial score (nSPS) is 11.1. The van der Waals surface area contributed by atoms with E-state index < -0.39 is 22.8 Å². The van der Waals surface area contributed by atoms with Crippen molar-refractivity contribution in [2.45, 2.75) is 26.9 Å². The zero-order valence-corrected chi connectivity index (χ0v) is 23.4. The fourth-order valence-corrected chi connectivity index (χ4v) is 4.84. The van der Waals surface area contributed by atoms with Crippen molar-refractivity contribution in [1.29, 1.82) is 0 Å². The molecule has 1 N–H and O–H groups in total. The lowest BCUT2D eigenvalue weighted by Crippen LogP contribution is -2.24. The number of ketones is 1. The number of aromatic amines is 1. The smallest absolute Gasteiger partial charge is 0.216 e. The number of aryl methyl sites for hydroxylation is 2. The van der Waals surface area contributed by atoms with Crippen molar-refractivity contribution in [3.05, 3.63) is 111 Å². The molecular formula is C32H27F2N3O5. The van der Waals surface area contributed by atoms with Crippen molar-refractivity contribution in [1.82, 2.24) is 15.0 Å². The molecule has 214 valence electrons. The Morgan fingerprint density at radius 1 is 0.976 bits per heavy atom. The zero-order chi connectivity index (χ0) is 30.0. The number of aromatic nitrogens is 3. The topological polar surface area (TPSA) is 103 Å². The van der Waals surface area contributed by atoms with Crippen LogP contribution >= 0.6 is 0 Å². The second-order valence-electron chi connectivity index (χ2n) is 9.71. The summed E-state index contributed by atoms with van der Waals surface area (Å²) in [6, 6.07) is 13.0. The van der Waals surface area contributed by atoms with Gasteiger partial charge in [-0.05, 0) is 55.3 Å². The lowest BCUT2D eigenvalue weighted by Gasteiger charge is -2.14. The number of hydrogen-bond acceptors (Lipinski definition) is 7. The van der Waals surface area contributed by atoms with E-state index in [2.05, 4.69) is 15.0 Å². The molecule has 0 spiro atoms. The minimum absolute atomic E-state index is 0.0137. The molecule has 0 fully saturated rings. The number of Topliss-reactive ketones (excluding diaryl/α,β-unsaturated/α-hetero) is 1. The predicted molar refractivity (Wildman–Crippen MR) is 153 cm³/mol. The molecule has 0 aliphatic heterocycles. The number of benzene rings is 2. The fourth-order valence-electron chi connectivity index (χ4n) is 4.84. The lowest BCUT2D eigenvalue weighted by atomic mass is 9.95.